The normalized spacial score (nSPS) is 25.6. The Morgan fingerprint density at radius 1 is 1.23 bits per heavy atom. The molecule has 0 radical (unpaired) electrons. The predicted molar refractivity (Wildman–Crippen MR) is 102 cm³/mol. The summed E-state index contributed by atoms with van der Waals surface area (Å²) in [5.41, 5.74) is 1.02. The van der Waals surface area contributed by atoms with E-state index in [4.69, 9.17) is 25.8 Å². The molecule has 2 saturated heterocycles. The molecule has 8 nitrogen and oxygen atoms in total. The van der Waals surface area contributed by atoms with Crippen LogP contribution < -0.4 is 10.1 Å². The first kappa shape index (κ1) is 19.4. The number of rotatable bonds is 5. The Morgan fingerprint density at radius 3 is 2.93 bits per heavy atom. The molecule has 158 valence electrons. The van der Waals surface area contributed by atoms with E-state index in [1.807, 2.05) is 0 Å². The van der Waals surface area contributed by atoms with Gasteiger partial charge in [0, 0.05) is 12.1 Å². The van der Waals surface area contributed by atoms with Gasteiger partial charge < -0.3 is 29.6 Å². The Hall–Kier alpha value is -2.53. The summed E-state index contributed by atoms with van der Waals surface area (Å²) in [7, 11) is 0. The maximum Gasteiger partial charge on any atom is 0.296 e. The van der Waals surface area contributed by atoms with Crippen LogP contribution >= 0.6 is 11.6 Å². The van der Waals surface area contributed by atoms with Crippen molar-refractivity contribution in [2.24, 2.45) is 0 Å². The minimum absolute atomic E-state index is 0.00224. The number of anilines is 1. The number of ether oxygens (including phenoxy) is 3. The summed E-state index contributed by atoms with van der Waals surface area (Å²) in [5, 5.41) is 13.0. The lowest BCUT2D eigenvalue weighted by atomic mass is 10.1. The number of hydrogen-bond donors (Lipinski definition) is 3. The van der Waals surface area contributed by atoms with Crippen LogP contribution in [-0.4, -0.2) is 57.7 Å². The standard InChI is InChI=1S/C19H17ClF2N4O4/c20-9-4-11-18(25-17(9)23-5-8-2-1-3-10(21)14(8)22)26-19(24-11)30-13-7-29-15-12(27)6-28-16(13)15/h1-4,12-13,15-16,27H,5-7H2,(H2,23,24,25,26)/t12-,13-,15-,16-/m1/s1. The number of halogens is 3. The highest BCUT2D eigenvalue weighted by atomic mass is 35.5. The van der Waals surface area contributed by atoms with Gasteiger partial charge in [-0.2, -0.15) is 4.98 Å². The van der Waals surface area contributed by atoms with Gasteiger partial charge in [-0.3, -0.25) is 0 Å². The van der Waals surface area contributed by atoms with E-state index in [1.165, 1.54) is 12.1 Å². The Morgan fingerprint density at radius 2 is 2.07 bits per heavy atom. The molecule has 0 spiro atoms. The molecule has 4 atom stereocenters. The number of pyridine rings is 1. The minimum atomic E-state index is -0.922. The maximum absolute atomic E-state index is 13.8. The summed E-state index contributed by atoms with van der Waals surface area (Å²) >= 11 is 6.26. The van der Waals surface area contributed by atoms with Gasteiger partial charge in [0.25, 0.3) is 6.01 Å². The summed E-state index contributed by atoms with van der Waals surface area (Å²) in [6.07, 6.45) is -1.87. The molecule has 2 aliphatic heterocycles. The van der Waals surface area contributed by atoms with Gasteiger partial charge in [-0.1, -0.05) is 23.7 Å². The van der Waals surface area contributed by atoms with Crippen molar-refractivity contribution in [2.75, 3.05) is 18.5 Å². The molecular weight excluding hydrogens is 422 g/mol. The Balaban J connectivity index is 1.32. The molecule has 11 heteroatoms. The summed E-state index contributed by atoms with van der Waals surface area (Å²) in [5.74, 6) is -1.57. The van der Waals surface area contributed by atoms with Gasteiger partial charge in [0.2, 0.25) is 0 Å². The van der Waals surface area contributed by atoms with Crippen molar-refractivity contribution < 1.29 is 28.1 Å². The van der Waals surface area contributed by atoms with Crippen LogP contribution in [0.3, 0.4) is 0 Å². The van der Waals surface area contributed by atoms with E-state index >= 15 is 0 Å². The summed E-state index contributed by atoms with van der Waals surface area (Å²) < 4.78 is 44.1. The second-order valence-corrected chi connectivity index (χ2v) is 7.53. The number of benzene rings is 1. The van der Waals surface area contributed by atoms with Crippen LogP contribution in [0.2, 0.25) is 5.02 Å². The summed E-state index contributed by atoms with van der Waals surface area (Å²) in [6, 6.07) is 5.77. The number of aliphatic hydroxyl groups is 1. The molecule has 1 aromatic carbocycles. The van der Waals surface area contributed by atoms with Gasteiger partial charge >= 0.3 is 0 Å². The van der Waals surface area contributed by atoms with E-state index in [1.54, 1.807) is 6.07 Å². The molecule has 0 aliphatic carbocycles. The van der Waals surface area contributed by atoms with Crippen LogP contribution in [0.4, 0.5) is 14.6 Å². The molecular formula is C19H17ClF2N4O4. The largest absolute Gasteiger partial charge is 0.456 e. The van der Waals surface area contributed by atoms with Crippen molar-refractivity contribution in [1.29, 1.82) is 0 Å². The van der Waals surface area contributed by atoms with Gasteiger partial charge in [-0.05, 0) is 12.1 Å². The fourth-order valence-corrected chi connectivity index (χ4v) is 3.85. The number of hydrogen-bond acceptors (Lipinski definition) is 7. The molecule has 2 fully saturated rings. The zero-order chi connectivity index (χ0) is 20.8. The highest BCUT2D eigenvalue weighted by Crippen LogP contribution is 2.31. The third-order valence-electron chi connectivity index (χ3n) is 5.13. The number of nitrogens with one attached hydrogen (secondary N) is 2. The SMILES string of the molecule is O[C@@H]1CO[C@H]2[C@@H]1OC[C@H]2Oc1nc2nc(NCc3cccc(F)c3F)c(Cl)cc2[nH]1. The summed E-state index contributed by atoms with van der Waals surface area (Å²) in [6.45, 7) is 0.467. The third-order valence-corrected chi connectivity index (χ3v) is 5.42. The van der Waals surface area contributed by atoms with Crippen LogP contribution in [-0.2, 0) is 16.0 Å². The first-order valence-electron chi connectivity index (χ1n) is 9.30. The monoisotopic (exact) mass is 438 g/mol. The third kappa shape index (κ3) is 3.45. The van der Waals surface area contributed by atoms with E-state index < -0.39 is 29.9 Å². The lowest BCUT2D eigenvalue weighted by Crippen LogP contribution is -2.34. The zero-order valence-electron chi connectivity index (χ0n) is 15.4. The van der Waals surface area contributed by atoms with E-state index in [2.05, 4.69) is 20.3 Å². The van der Waals surface area contributed by atoms with Crippen molar-refractivity contribution in [3.05, 3.63) is 46.5 Å². The van der Waals surface area contributed by atoms with Gasteiger partial charge in [0.15, 0.2) is 23.4 Å². The molecule has 0 unspecified atom stereocenters. The number of imidazole rings is 1. The van der Waals surface area contributed by atoms with E-state index in [0.29, 0.717) is 11.2 Å². The average molecular weight is 439 g/mol. The van der Waals surface area contributed by atoms with E-state index in [-0.39, 0.29) is 48.3 Å². The number of nitrogens with zero attached hydrogens (tertiary/aromatic N) is 2. The van der Waals surface area contributed by atoms with Crippen molar-refractivity contribution in [3.8, 4) is 6.01 Å². The smallest absolute Gasteiger partial charge is 0.296 e. The van der Waals surface area contributed by atoms with Crippen molar-refractivity contribution in [1.82, 2.24) is 15.0 Å². The lowest BCUT2D eigenvalue weighted by Gasteiger charge is -2.15. The predicted octanol–water partition coefficient (Wildman–Crippen LogP) is 2.41. The van der Waals surface area contributed by atoms with Crippen LogP contribution in [0.1, 0.15) is 5.56 Å². The second-order valence-electron chi connectivity index (χ2n) is 7.12. The molecule has 0 amide bonds. The first-order valence-corrected chi connectivity index (χ1v) is 9.68. The fourth-order valence-electron chi connectivity index (χ4n) is 3.63. The number of H-pyrrole nitrogens is 1. The molecule has 0 bridgehead atoms. The zero-order valence-corrected chi connectivity index (χ0v) is 16.2. The molecule has 2 aliphatic rings. The fraction of sp³-hybridized carbons (Fsp3) is 0.368. The number of aromatic amines is 1. The van der Waals surface area contributed by atoms with Crippen LogP contribution in [0.15, 0.2) is 24.3 Å². The Kier molecular flexibility index (Phi) is 4.94. The maximum atomic E-state index is 13.8. The van der Waals surface area contributed by atoms with Gasteiger partial charge in [-0.15, -0.1) is 0 Å². The highest BCUT2D eigenvalue weighted by Gasteiger charge is 2.48. The minimum Gasteiger partial charge on any atom is -0.456 e. The lowest BCUT2D eigenvalue weighted by molar-refractivity contribution is 0.00706. The summed E-state index contributed by atoms with van der Waals surface area (Å²) in [4.78, 5) is 11.6. The molecule has 4 heterocycles. The molecule has 3 aromatic rings. The average Bonchev–Trinajstić information content (AvgIpc) is 3.40. The highest BCUT2D eigenvalue weighted by molar-refractivity contribution is 6.33. The van der Waals surface area contributed by atoms with Gasteiger partial charge in [0.1, 0.15) is 24.1 Å². The van der Waals surface area contributed by atoms with Crippen LogP contribution in [0, 0.1) is 11.6 Å². The quantitative estimate of drug-likeness (QED) is 0.562. The van der Waals surface area contributed by atoms with Crippen molar-refractivity contribution >= 4 is 28.6 Å². The molecule has 3 N–H and O–H groups in total. The Labute approximate surface area is 174 Å². The number of aliphatic hydroxyl groups excluding tert-OH is 1. The van der Waals surface area contributed by atoms with Crippen molar-refractivity contribution in [3.63, 3.8) is 0 Å². The van der Waals surface area contributed by atoms with E-state index in [9.17, 15) is 13.9 Å². The number of aromatic nitrogens is 3. The van der Waals surface area contributed by atoms with Crippen LogP contribution in [0.5, 0.6) is 6.01 Å². The van der Waals surface area contributed by atoms with Gasteiger partial charge in [0.05, 0.1) is 23.8 Å². The van der Waals surface area contributed by atoms with Crippen molar-refractivity contribution in [2.45, 2.75) is 31.0 Å². The Bertz CT molecular complexity index is 1100. The molecule has 30 heavy (non-hydrogen) atoms. The molecule has 5 rings (SSSR count). The van der Waals surface area contributed by atoms with Gasteiger partial charge in [-0.25, -0.2) is 13.8 Å². The topological polar surface area (TPSA) is 102 Å². The van der Waals surface area contributed by atoms with Crippen LogP contribution in [0.25, 0.3) is 11.2 Å². The molecule has 2 aromatic heterocycles. The first-order chi connectivity index (χ1) is 14.5. The van der Waals surface area contributed by atoms with E-state index in [0.717, 1.165) is 6.07 Å². The number of fused-ring (bicyclic) bond motifs is 2. The molecule has 0 saturated carbocycles. The second kappa shape index (κ2) is 7.62.